The molecule has 0 aliphatic heterocycles. The number of hydrogen-bond donors (Lipinski definition) is 0. The monoisotopic (exact) mass is 979 g/mol. The lowest BCUT2D eigenvalue weighted by atomic mass is 10.1. The normalized spacial score (nSPS) is 13.2. The Kier molecular flexibility index (Phi) is 54.0. The van der Waals surface area contributed by atoms with Gasteiger partial charge in [0.1, 0.15) is 13.2 Å². The van der Waals surface area contributed by atoms with Crippen molar-refractivity contribution in [3.05, 3.63) is 146 Å². The molecule has 0 heterocycles. The van der Waals surface area contributed by atoms with Gasteiger partial charge in [-0.15, -0.1) is 0 Å². The number of carbonyl (C=O) groups is 3. The molecule has 0 spiro atoms. The summed E-state index contributed by atoms with van der Waals surface area (Å²) in [6.45, 7) is 6.26. The van der Waals surface area contributed by atoms with E-state index in [4.69, 9.17) is 14.2 Å². The van der Waals surface area contributed by atoms with Crippen molar-refractivity contribution in [3.63, 3.8) is 0 Å². The van der Waals surface area contributed by atoms with Gasteiger partial charge in [-0.1, -0.05) is 231 Å². The summed E-state index contributed by atoms with van der Waals surface area (Å²) < 4.78 is 16.7. The van der Waals surface area contributed by atoms with E-state index in [0.29, 0.717) is 19.3 Å². The van der Waals surface area contributed by atoms with Crippen molar-refractivity contribution in [2.24, 2.45) is 0 Å². The zero-order chi connectivity index (χ0) is 51.4. The quantitative estimate of drug-likeness (QED) is 0.0262. The largest absolute Gasteiger partial charge is 0.462 e. The Morgan fingerprint density at radius 1 is 0.310 bits per heavy atom. The highest BCUT2D eigenvalue weighted by Gasteiger charge is 2.19. The first-order chi connectivity index (χ1) is 35.0. The second-order valence-corrected chi connectivity index (χ2v) is 18.1. The van der Waals surface area contributed by atoms with Crippen LogP contribution in [0.5, 0.6) is 0 Å². The van der Waals surface area contributed by atoms with Gasteiger partial charge < -0.3 is 14.2 Å². The number of unbranched alkanes of at least 4 members (excludes halogenated alkanes) is 15. The van der Waals surface area contributed by atoms with Gasteiger partial charge in [-0.05, 0) is 122 Å². The van der Waals surface area contributed by atoms with Gasteiger partial charge in [0, 0.05) is 12.8 Å². The predicted molar refractivity (Wildman–Crippen MR) is 306 cm³/mol. The average Bonchev–Trinajstić information content (AvgIpc) is 3.37. The molecule has 0 aromatic carbocycles. The fourth-order valence-corrected chi connectivity index (χ4v) is 7.16. The molecule has 0 saturated carbocycles. The molecule has 0 N–H and O–H groups in total. The fourth-order valence-electron chi connectivity index (χ4n) is 7.16. The molecule has 0 radical (unpaired) electrons. The van der Waals surface area contributed by atoms with E-state index in [1.807, 2.05) is 6.08 Å². The minimum Gasteiger partial charge on any atom is -0.462 e. The van der Waals surface area contributed by atoms with E-state index in [1.54, 1.807) is 6.08 Å². The van der Waals surface area contributed by atoms with Crippen molar-refractivity contribution in [3.8, 4) is 0 Å². The molecule has 0 aliphatic carbocycles. The highest BCUT2D eigenvalue weighted by Crippen LogP contribution is 2.13. The van der Waals surface area contributed by atoms with Crippen LogP contribution in [0.1, 0.15) is 226 Å². The van der Waals surface area contributed by atoms with Crippen LogP contribution < -0.4 is 0 Å². The molecule has 0 amide bonds. The molecule has 6 nitrogen and oxygen atoms in total. The summed E-state index contributed by atoms with van der Waals surface area (Å²) >= 11 is 0. The van der Waals surface area contributed by atoms with Crippen molar-refractivity contribution in [2.75, 3.05) is 13.2 Å². The fraction of sp³-hybridized carbons (Fsp3) is 0.585. The molecule has 0 saturated heterocycles. The molecule has 0 aromatic rings. The van der Waals surface area contributed by atoms with E-state index in [1.165, 1.54) is 44.9 Å². The number of esters is 3. The van der Waals surface area contributed by atoms with Crippen LogP contribution in [0.3, 0.4) is 0 Å². The number of allylic oxidation sites excluding steroid dienone is 23. The van der Waals surface area contributed by atoms with Gasteiger partial charge in [-0.25, -0.2) is 0 Å². The van der Waals surface area contributed by atoms with Gasteiger partial charge in [0.05, 0.1) is 6.42 Å². The summed E-state index contributed by atoms with van der Waals surface area (Å²) in [5.41, 5.74) is 0. The molecular formula is C65H102O6. The number of ether oxygens (including phenoxy) is 3. The van der Waals surface area contributed by atoms with Crippen LogP contribution in [0.4, 0.5) is 0 Å². The van der Waals surface area contributed by atoms with Crippen molar-refractivity contribution >= 4 is 17.9 Å². The molecule has 0 aliphatic rings. The maximum Gasteiger partial charge on any atom is 0.310 e. The maximum absolute atomic E-state index is 12.8. The Balaban J connectivity index is 4.51. The second kappa shape index (κ2) is 57.9. The Hall–Kier alpha value is -4.71. The standard InChI is InChI=1S/C65H102O6/c1-4-7-10-13-16-19-22-25-28-29-30-31-32-33-34-35-38-40-43-46-49-52-55-58-64(67)70-61-62(71-65(68)59-56-53-50-47-44-41-37-27-24-21-18-15-12-9-6-3)60-69-63(66)57-54-51-48-45-42-39-36-26-23-20-17-14-11-8-5-2/h7,9-10,12,16-21,25-28,30-31,33-34,36-37,44,47,53,56,62H,4-6,8,11,13-15,22-24,29,32,35,38-43,45-46,48-52,54-55,57-61H2,1-3H3/b10-7-,12-9-,19-16-,20-17-,21-18-,28-25-,31-30-,34-33-,36-26-,37-27-,47-44-,56-53-. The molecule has 398 valence electrons. The van der Waals surface area contributed by atoms with Crippen LogP contribution in [-0.2, 0) is 28.6 Å². The third-order valence-electron chi connectivity index (χ3n) is 11.3. The van der Waals surface area contributed by atoms with Crippen LogP contribution in [-0.4, -0.2) is 37.2 Å². The lowest BCUT2D eigenvalue weighted by Crippen LogP contribution is -2.30. The first-order valence-electron chi connectivity index (χ1n) is 28.3. The summed E-state index contributed by atoms with van der Waals surface area (Å²) in [6, 6.07) is 0. The van der Waals surface area contributed by atoms with Gasteiger partial charge in [-0.2, -0.15) is 0 Å². The Morgan fingerprint density at radius 2 is 0.592 bits per heavy atom. The highest BCUT2D eigenvalue weighted by molar-refractivity contribution is 5.72. The Labute approximate surface area is 436 Å². The highest BCUT2D eigenvalue weighted by atomic mass is 16.6. The molecule has 1 unspecified atom stereocenters. The number of carbonyl (C=O) groups excluding carboxylic acids is 3. The van der Waals surface area contributed by atoms with Crippen LogP contribution in [0.2, 0.25) is 0 Å². The molecule has 1 atom stereocenters. The average molecular weight is 980 g/mol. The predicted octanol–water partition coefficient (Wildman–Crippen LogP) is 19.2. The van der Waals surface area contributed by atoms with Crippen LogP contribution >= 0.6 is 0 Å². The van der Waals surface area contributed by atoms with Crippen molar-refractivity contribution in [1.82, 2.24) is 0 Å². The molecule has 0 aromatic heterocycles. The molecule has 0 rings (SSSR count). The van der Waals surface area contributed by atoms with E-state index in [-0.39, 0.29) is 31.6 Å². The number of hydrogen-bond acceptors (Lipinski definition) is 6. The summed E-state index contributed by atoms with van der Waals surface area (Å²) in [6.07, 6.45) is 82.9. The first kappa shape index (κ1) is 66.3. The van der Waals surface area contributed by atoms with Gasteiger partial charge in [0.25, 0.3) is 0 Å². The van der Waals surface area contributed by atoms with Crippen molar-refractivity contribution in [1.29, 1.82) is 0 Å². The smallest absolute Gasteiger partial charge is 0.310 e. The third-order valence-corrected chi connectivity index (χ3v) is 11.3. The second-order valence-electron chi connectivity index (χ2n) is 18.1. The van der Waals surface area contributed by atoms with Gasteiger partial charge in [0.15, 0.2) is 6.10 Å². The zero-order valence-electron chi connectivity index (χ0n) is 45.4. The van der Waals surface area contributed by atoms with Gasteiger partial charge in [-0.3, -0.25) is 14.4 Å². The van der Waals surface area contributed by atoms with Gasteiger partial charge in [0.2, 0.25) is 0 Å². The van der Waals surface area contributed by atoms with E-state index in [9.17, 15) is 14.4 Å². The van der Waals surface area contributed by atoms with E-state index >= 15 is 0 Å². The lowest BCUT2D eigenvalue weighted by molar-refractivity contribution is -0.166. The van der Waals surface area contributed by atoms with Crippen molar-refractivity contribution < 1.29 is 28.6 Å². The van der Waals surface area contributed by atoms with E-state index in [0.717, 1.165) is 135 Å². The van der Waals surface area contributed by atoms with Crippen LogP contribution in [0.25, 0.3) is 0 Å². The lowest BCUT2D eigenvalue weighted by Gasteiger charge is -2.18. The molecule has 71 heavy (non-hydrogen) atoms. The SMILES string of the molecule is CC/C=C\C/C=C\C/C=C\C/C=C\C/C=C\CCCCCCCCCC(=O)OCC(COC(=O)CCCCCCC/C=C\C/C=C\CCCCC)OC(=O)C/C=C\C/C=C\C/C=C\C/C=C\C/C=C\CC. The van der Waals surface area contributed by atoms with E-state index in [2.05, 4.69) is 154 Å². The zero-order valence-corrected chi connectivity index (χ0v) is 45.4. The third kappa shape index (κ3) is 56.1. The maximum atomic E-state index is 12.8. The Bertz CT molecular complexity index is 1590. The Morgan fingerprint density at radius 3 is 0.930 bits per heavy atom. The molecular weight excluding hydrogens is 877 g/mol. The van der Waals surface area contributed by atoms with E-state index < -0.39 is 12.1 Å². The summed E-state index contributed by atoms with van der Waals surface area (Å²) in [5.74, 6) is -1.09. The molecule has 6 heteroatoms. The first-order valence-corrected chi connectivity index (χ1v) is 28.3. The van der Waals surface area contributed by atoms with Gasteiger partial charge >= 0.3 is 17.9 Å². The summed E-state index contributed by atoms with van der Waals surface area (Å²) in [4.78, 5) is 38.1. The van der Waals surface area contributed by atoms with Crippen LogP contribution in [0.15, 0.2) is 146 Å². The minimum absolute atomic E-state index is 0.0846. The minimum atomic E-state index is -0.850. The molecule has 0 bridgehead atoms. The summed E-state index contributed by atoms with van der Waals surface area (Å²) in [5, 5.41) is 0. The number of rotatable bonds is 49. The van der Waals surface area contributed by atoms with Crippen LogP contribution in [0, 0.1) is 0 Å². The van der Waals surface area contributed by atoms with Crippen molar-refractivity contribution in [2.45, 2.75) is 232 Å². The topological polar surface area (TPSA) is 78.9 Å². The summed E-state index contributed by atoms with van der Waals surface area (Å²) in [7, 11) is 0. The molecule has 0 fully saturated rings.